The maximum atomic E-state index is 14.0. The number of imidazole rings is 1. The predicted octanol–water partition coefficient (Wildman–Crippen LogP) is 5.18. The van der Waals surface area contributed by atoms with Gasteiger partial charge in [0.25, 0.3) is 5.91 Å². The number of amides is 2. The lowest BCUT2D eigenvalue weighted by atomic mass is 9.81. The smallest absolute Gasteiger partial charge is 0.349 e. The van der Waals surface area contributed by atoms with Gasteiger partial charge in [-0.1, -0.05) is 0 Å². The van der Waals surface area contributed by atoms with Crippen molar-refractivity contribution in [2.75, 3.05) is 0 Å². The van der Waals surface area contributed by atoms with Gasteiger partial charge in [0.15, 0.2) is 11.3 Å². The van der Waals surface area contributed by atoms with Crippen molar-refractivity contribution < 1.29 is 40.3 Å². The number of fused-ring (bicyclic) bond motifs is 1. The Labute approximate surface area is 246 Å². The van der Waals surface area contributed by atoms with Crippen molar-refractivity contribution in [3.8, 4) is 0 Å². The molecule has 2 amide bonds. The minimum Gasteiger partial charge on any atom is -0.349 e. The van der Waals surface area contributed by atoms with Crippen LogP contribution in [0.15, 0.2) is 24.7 Å². The molecule has 3 aromatic heterocycles. The third-order valence-corrected chi connectivity index (χ3v) is 7.92. The van der Waals surface area contributed by atoms with Crippen LogP contribution in [-0.2, 0) is 11.3 Å². The summed E-state index contributed by atoms with van der Waals surface area (Å²) in [7, 11) is 0. The maximum absolute atomic E-state index is 14.0. The minimum absolute atomic E-state index is 0.0357. The average Bonchev–Trinajstić information content (AvgIpc) is 3.52. The third-order valence-electron chi connectivity index (χ3n) is 7.92. The van der Waals surface area contributed by atoms with Gasteiger partial charge in [0.2, 0.25) is 18.3 Å². The molecule has 2 atom stereocenters. The first kappa shape index (κ1) is 31.6. The van der Waals surface area contributed by atoms with Gasteiger partial charge in [0.1, 0.15) is 0 Å². The van der Waals surface area contributed by atoms with Crippen molar-refractivity contribution in [1.29, 1.82) is 0 Å². The van der Waals surface area contributed by atoms with Gasteiger partial charge >= 0.3 is 6.18 Å². The molecule has 2 aliphatic rings. The molecular formula is C27H31F7N8O2. The van der Waals surface area contributed by atoms with Gasteiger partial charge in [-0.2, -0.15) is 28.2 Å². The molecule has 0 spiro atoms. The molecule has 0 unspecified atom stereocenters. The lowest BCUT2D eigenvalue weighted by Gasteiger charge is -2.33. The lowest BCUT2D eigenvalue weighted by molar-refractivity contribution is -0.144. The first-order valence-electron chi connectivity index (χ1n) is 14.3. The summed E-state index contributed by atoms with van der Waals surface area (Å²) in [6.07, 6.45) is -4.28. The van der Waals surface area contributed by atoms with Crippen LogP contribution in [0.1, 0.15) is 91.6 Å². The number of aromatic nitrogens is 6. The number of hydrogen-bond acceptors (Lipinski definition) is 6. The second kappa shape index (κ2) is 12.7. The molecule has 0 radical (unpaired) electrons. The normalized spacial score (nSPS) is 18.8. The Morgan fingerprint density at radius 2 is 1.70 bits per heavy atom. The number of halogens is 7. The summed E-state index contributed by atoms with van der Waals surface area (Å²) in [5, 5.41) is 17.6. The Kier molecular flexibility index (Phi) is 9.11. The largest absolute Gasteiger partial charge is 0.389 e. The van der Waals surface area contributed by atoms with Crippen LogP contribution in [0.5, 0.6) is 0 Å². The zero-order valence-corrected chi connectivity index (χ0v) is 23.4. The Hall–Kier alpha value is -3.79. The van der Waals surface area contributed by atoms with E-state index < -0.39 is 67.6 Å². The minimum atomic E-state index is -4.45. The molecule has 17 heteroatoms. The van der Waals surface area contributed by atoms with E-state index in [9.17, 15) is 40.3 Å². The fourth-order valence-electron chi connectivity index (χ4n) is 5.40. The van der Waals surface area contributed by atoms with Crippen molar-refractivity contribution in [2.45, 2.75) is 94.9 Å². The summed E-state index contributed by atoms with van der Waals surface area (Å²) in [6, 6.07) is 0.264. The summed E-state index contributed by atoms with van der Waals surface area (Å²) in [4.78, 5) is 31.0. The molecule has 2 N–H and O–H groups in total. The Morgan fingerprint density at radius 3 is 2.36 bits per heavy atom. The summed E-state index contributed by atoms with van der Waals surface area (Å²) >= 11 is 0. The number of alkyl halides is 7. The van der Waals surface area contributed by atoms with E-state index in [4.69, 9.17) is 0 Å². The summed E-state index contributed by atoms with van der Waals surface area (Å²) < 4.78 is 92.3. The Balaban J connectivity index is 1.36. The lowest BCUT2D eigenvalue weighted by Crippen LogP contribution is -2.37. The number of aryl methyl sites for hydroxylation is 1. The first-order chi connectivity index (χ1) is 20.8. The number of nitrogens with one attached hydrogen (secondary N) is 2. The monoisotopic (exact) mass is 632 g/mol. The predicted molar refractivity (Wildman–Crippen MR) is 140 cm³/mol. The molecule has 2 aliphatic carbocycles. The van der Waals surface area contributed by atoms with E-state index in [-0.39, 0.29) is 43.8 Å². The molecule has 5 rings (SSSR count). The van der Waals surface area contributed by atoms with Crippen molar-refractivity contribution in [1.82, 2.24) is 40.2 Å². The average molecular weight is 633 g/mol. The van der Waals surface area contributed by atoms with Crippen LogP contribution < -0.4 is 10.6 Å². The summed E-state index contributed by atoms with van der Waals surface area (Å²) in [5.74, 6) is -4.61. The van der Waals surface area contributed by atoms with E-state index in [0.717, 1.165) is 23.8 Å². The van der Waals surface area contributed by atoms with Gasteiger partial charge < -0.3 is 10.6 Å². The molecule has 2 saturated carbocycles. The van der Waals surface area contributed by atoms with Crippen molar-refractivity contribution in [3.05, 3.63) is 41.6 Å². The highest BCUT2D eigenvalue weighted by Gasteiger charge is 2.40. The van der Waals surface area contributed by atoms with Crippen molar-refractivity contribution >= 4 is 17.5 Å². The van der Waals surface area contributed by atoms with Crippen LogP contribution in [0.4, 0.5) is 30.7 Å². The molecule has 44 heavy (non-hydrogen) atoms. The zero-order chi connectivity index (χ0) is 31.6. The van der Waals surface area contributed by atoms with Crippen LogP contribution >= 0.6 is 0 Å². The molecular weight excluding hydrogens is 601 g/mol. The molecule has 2 fully saturated rings. The highest BCUT2D eigenvalue weighted by Crippen LogP contribution is 2.43. The number of carbonyl (C=O) groups is 2. The number of nitrogens with zero attached hydrogens (tertiary/aromatic N) is 6. The Morgan fingerprint density at radius 1 is 1.00 bits per heavy atom. The molecule has 0 bridgehead atoms. The van der Waals surface area contributed by atoms with Crippen LogP contribution in [0.3, 0.4) is 0 Å². The van der Waals surface area contributed by atoms with E-state index in [2.05, 4.69) is 30.9 Å². The van der Waals surface area contributed by atoms with Gasteiger partial charge in [-0.25, -0.2) is 27.1 Å². The van der Waals surface area contributed by atoms with E-state index in [1.165, 1.54) is 10.7 Å². The molecule has 3 heterocycles. The second-order valence-electron chi connectivity index (χ2n) is 11.4. The van der Waals surface area contributed by atoms with E-state index >= 15 is 0 Å². The van der Waals surface area contributed by atoms with Gasteiger partial charge in [-0.15, -0.1) is 5.10 Å². The van der Waals surface area contributed by atoms with E-state index in [1.807, 2.05) is 0 Å². The van der Waals surface area contributed by atoms with Gasteiger partial charge in [-0.3, -0.25) is 9.59 Å². The van der Waals surface area contributed by atoms with E-state index in [0.29, 0.717) is 16.9 Å². The fourth-order valence-corrected chi connectivity index (χ4v) is 5.40. The Bertz CT molecular complexity index is 1460. The van der Waals surface area contributed by atoms with Crippen molar-refractivity contribution in [2.24, 2.45) is 11.8 Å². The standard InChI is InChI=1S/C27H31F7N8O2/c28-20(29)6-10-42-36-13-18(40-42)25(44)39-24(16-3-7-26(30,31)8-4-16)19-14-41-21(37-19)11-17(12-35-41)23(15-1-2-15)38-22(43)5-9-27(32,33)34/h11-16,20,23-24H,1-10H2,(H,38,43)(H,39,44)/t23-,24+/m1/s1. The fraction of sp³-hybridized carbons (Fsp3) is 0.630. The number of hydrogen-bond donors (Lipinski definition) is 2. The molecule has 10 nitrogen and oxygen atoms in total. The topological polar surface area (TPSA) is 119 Å². The number of carbonyl (C=O) groups excluding carboxylic acids is 2. The van der Waals surface area contributed by atoms with Gasteiger partial charge in [0.05, 0.1) is 49.3 Å². The molecule has 240 valence electrons. The van der Waals surface area contributed by atoms with Gasteiger partial charge in [-0.05, 0) is 49.1 Å². The summed E-state index contributed by atoms with van der Waals surface area (Å²) in [6.45, 7) is -0.197. The van der Waals surface area contributed by atoms with Crippen molar-refractivity contribution in [3.63, 3.8) is 0 Å². The molecule has 0 aliphatic heterocycles. The summed E-state index contributed by atoms with van der Waals surface area (Å²) in [5.41, 5.74) is 1.07. The highest BCUT2D eigenvalue weighted by molar-refractivity contribution is 5.92. The molecule has 0 aromatic carbocycles. The van der Waals surface area contributed by atoms with Crippen LogP contribution in [0.25, 0.3) is 5.65 Å². The first-order valence-corrected chi connectivity index (χ1v) is 14.3. The SMILES string of the molecule is O=C(CCC(F)(F)F)N[C@@H](c1cnn2cc([C@@H](NC(=O)c3cnn(CCC(F)F)n3)C3CCC(F)(F)CC3)nc2c1)C1CC1. The molecule has 3 aromatic rings. The van der Waals surface area contributed by atoms with Crippen LogP contribution in [-0.4, -0.2) is 59.9 Å². The van der Waals surface area contributed by atoms with E-state index in [1.54, 1.807) is 12.3 Å². The third kappa shape index (κ3) is 8.22. The number of rotatable bonds is 12. The second-order valence-corrected chi connectivity index (χ2v) is 11.4. The van der Waals surface area contributed by atoms with Gasteiger partial charge in [0, 0.05) is 25.7 Å². The zero-order valence-electron chi connectivity index (χ0n) is 23.4. The maximum Gasteiger partial charge on any atom is 0.389 e. The van der Waals surface area contributed by atoms with Crippen LogP contribution in [0.2, 0.25) is 0 Å². The van der Waals surface area contributed by atoms with Crippen LogP contribution in [0, 0.1) is 11.8 Å². The quantitative estimate of drug-likeness (QED) is 0.266. The molecule has 0 saturated heterocycles. The highest BCUT2D eigenvalue weighted by atomic mass is 19.4.